The molecule has 5 unspecified atom stereocenters. The second-order valence-corrected chi connectivity index (χ2v) is 8.30. The van der Waals surface area contributed by atoms with Crippen LogP contribution in [-0.2, 0) is 18.9 Å². The van der Waals surface area contributed by atoms with E-state index < -0.39 is 92.2 Å². The molecule has 182 valence electrons. The predicted octanol–water partition coefficient (Wildman–Crippen LogP) is -6.65. The van der Waals surface area contributed by atoms with Crippen LogP contribution < -0.4 is 22.9 Å². The molecule has 2 saturated heterocycles. The van der Waals surface area contributed by atoms with Crippen LogP contribution in [0.1, 0.15) is 6.42 Å². The monoisotopic (exact) mass is 454 g/mol. The van der Waals surface area contributed by atoms with Gasteiger partial charge in [0, 0.05) is 18.6 Å². The van der Waals surface area contributed by atoms with Gasteiger partial charge in [-0.2, -0.15) is 0 Å². The molecule has 2 heterocycles. The summed E-state index contributed by atoms with van der Waals surface area (Å²) in [6.07, 6.45) is -13.8. The zero-order valence-corrected chi connectivity index (χ0v) is 16.8. The van der Waals surface area contributed by atoms with E-state index in [0.717, 1.165) is 0 Å². The number of aliphatic hydroxyl groups excluding tert-OH is 6. The van der Waals surface area contributed by atoms with Crippen LogP contribution in [0.5, 0.6) is 0 Å². The molecule has 0 aromatic rings. The van der Waals surface area contributed by atoms with Crippen LogP contribution in [0.3, 0.4) is 0 Å². The largest absolute Gasteiger partial charge is 0.394 e. The minimum atomic E-state index is -1.51. The maximum atomic E-state index is 10.6. The van der Waals surface area contributed by atoms with Crippen molar-refractivity contribution >= 4 is 0 Å². The average Bonchev–Trinajstić information content (AvgIpc) is 3.02. The van der Waals surface area contributed by atoms with Gasteiger partial charge in [0.1, 0.15) is 48.8 Å². The van der Waals surface area contributed by atoms with Crippen molar-refractivity contribution in [1.29, 1.82) is 0 Å². The van der Waals surface area contributed by atoms with Crippen LogP contribution in [0.25, 0.3) is 0 Å². The van der Waals surface area contributed by atoms with E-state index in [9.17, 15) is 30.6 Å². The van der Waals surface area contributed by atoms with Gasteiger partial charge in [0.05, 0.1) is 18.8 Å². The van der Waals surface area contributed by atoms with Crippen molar-refractivity contribution in [1.82, 2.24) is 0 Å². The first-order chi connectivity index (χ1) is 14.6. The molecule has 0 amide bonds. The lowest BCUT2D eigenvalue weighted by Crippen LogP contribution is -2.68. The third-order valence-corrected chi connectivity index (χ3v) is 6.13. The molecule has 14 N–H and O–H groups in total. The summed E-state index contributed by atoms with van der Waals surface area (Å²) < 4.78 is 22.5. The summed E-state index contributed by atoms with van der Waals surface area (Å²) in [5, 5.41) is 60.2. The van der Waals surface area contributed by atoms with Crippen LogP contribution in [0.4, 0.5) is 0 Å². The molecule has 31 heavy (non-hydrogen) atoms. The van der Waals surface area contributed by atoms with Gasteiger partial charge in [-0.05, 0) is 6.42 Å². The van der Waals surface area contributed by atoms with Gasteiger partial charge in [-0.3, -0.25) is 0 Å². The minimum Gasteiger partial charge on any atom is -0.394 e. The molecule has 14 atom stereocenters. The fraction of sp³-hybridized carbons (Fsp3) is 1.00. The van der Waals surface area contributed by atoms with E-state index in [1.165, 1.54) is 0 Å². The SMILES string of the molecule is NCC1O[C@@H](O[C@H]2C(N)C[C@@H](N)C(O)[C@H]2O[C@@H]2O[C@H](CO)[C@H](O)C2O)C(N)[C@@H](O)[C@H]1O. The topological polar surface area (TPSA) is 262 Å². The van der Waals surface area contributed by atoms with E-state index in [0.29, 0.717) is 0 Å². The molecule has 1 aliphatic carbocycles. The second kappa shape index (κ2) is 10.1. The Labute approximate surface area is 178 Å². The van der Waals surface area contributed by atoms with E-state index >= 15 is 0 Å². The van der Waals surface area contributed by atoms with E-state index in [4.69, 9.17) is 41.9 Å². The lowest BCUT2D eigenvalue weighted by Gasteiger charge is -2.47. The Morgan fingerprint density at radius 3 is 1.87 bits per heavy atom. The normalized spacial score (nSPS) is 53.6. The van der Waals surface area contributed by atoms with Gasteiger partial charge in [0.15, 0.2) is 12.6 Å². The van der Waals surface area contributed by atoms with Gasteiger partial charge in [-0.25, -0.2) is 0 Å². The molecule has 3 aliphatic rings. The van der Waals surface area contributed by atoms with E-state index in [1.54, 1.807) is 0 Å². The molecule has 3 rings (SSSR count). The van der Waals surface area contributed by atoms with Gasteiger partial charge in [-0.1, -0.05) is 0 Å². The standard InChI is InChI=1S/C17H34N4O10/c18-2-6-10(24)12(26)8(21)16(28-6)30-14-5(20)1-4(19)9(23)15(14)31-17-13(27)11(25)7(3-22)29-17/h4-17,22-27H,1-3,18-21H2/t4-,5?,6?,7-,8?,9?,10+,11+,12-,13?,14+,15-,16+,17+/m1/s1. The highest BCUT2D eigenvalue weighted by molar-refractivity contribution is 5.01. The van der Waals surface area contributed by atoms with E-state index in [-0.39, 0.29) is 13.0 Å². The molecule has 0 aromatic carbocycles. The summed E-state index contributed by atoms with van der Waals surface area (Å²) in [7, 11) is 0. The van der Waals surface area contributed by atoms with Gasteiger partial charge in [-0.15, -0.1) is 0 Å². The summed E-state index contributed by atoms with van der Waals surface area (Å²) in [5.41, 5.74) is 23.6. The van der Waals surface area contributed by atoms with Crippen LogP contribution in [-0.4, -0.2) is 129 Å². The predicted molar refractivity (Wildman–Crippen MR) is 102 cm³/mol. The summed E-state index contributed by atoms with van der Waals surface area (Å²) >= 11 is 0. The molecular formula is C17H34N4O10. The zero-order chi connectivity index (χ0) is 23.0. The maximum absolute atomic E-state index is 10.6. The zero-order valence-electron chi connectivity index (χ0n) is 16.8. The lowest BCUT2D eigenvalue weighted by molar-refractivity contribution is -0.306. The van der Waals surface area contributed by atoms with Crippen molar-refractivity contribution in [3.05, 3.63) is 0 Å². The summed E-state index contributed by atoms with van der Waals surface area (Å²) in [6.45, 7) is -0.673. The first-order valence-corrected chi connectivity index (χ1v) is 10.2. The summed E-state index contributed by atoms with van der Waals surface area (Å²) in [6, 6.07) is -2.72. The van der Waals surface area contributed by atoms with Gasteiger partial charge < -0.3 is 72.5 Å². The molecule has 0 radical (unpaired) electrons. The van der Waals surface area contributed by atoms with E-state index in [2.05, 4.69) is 0 Å². The number of nitrogens with two attached hydrogens (primary N) is 4. The Morgan fingerprint density at radius 1 is 0.710 bits per heavy atom. The van der Waals surface area contributed by atoms with Crippen molar-refractivity contribution in [3.8, 4) is 0 Å². The van der Waals surface area contributed by atoms with Crippen LogP contribution in [0.15, 0.2) is 0 Å². The third-order valence-electron chi connectivity index (χ3n) is 6.13. The Bertz CT molecular complexity index is 591. The van der Waals surface area contributed by atoms with Crippen molar-refractivity contribution < 1.29 is 49.6 Å². The molecule has 1 saturated carbocycles. The van der Waals surface area contributed by atoms with Crippen molar-refractivity contribution in [2.24, 2.45) is 22.9 Å². The Morgan fingerprint density at radius 2 is 1.29 bits per heavy atom. The van der Waals surface area contributed by atoms with Crippen molar-refractivity contribution in [2.75, 3.05) is 13.2 Å². The van der Waals surface area contributed by atoms with E-state index in [1.807, 2.05) is 0 Å². The Balaban J connectivity index is 1.78. The molecular weight excluding hydrogens is 420 g/mol. The van der Waals surface area contributed by atoms with Crippen LogP contribution in [0, 0.1) is 0 Å². The fourth-order valence-electron chi connectivity index (χ4n) is 4.16. The number of rotatable bonds is 6. The number of hydrogen-bond donors (Lipinski definition) is 10. The molecule has 0 aromatic heterocycles. The first kappa shape index (κ1) is 25.1. The highest BCUT2D eigenvalue weighted by Crippen LogP contribution is 2.31. The molecule has 0 bridgehead atoms. The number of hydrogen-bond acceptors (Lipinski definition) is 14. The van der Waals surface area contributed by atoms with Crippen molar-refractivity contribution in [3.63, 3.8) is 0 Å². The lowest BCUT2D eigenvalue weighted by atomic mass is 9.84. The quantitative estimate of drug-likeness (QED) is 0.179. The van der Waals surface area contributed by atoms with Crippen LogP contribution in [0.2, 0.25) is 0 Å². The second-order valence-electron chi connectivity index (χ2n) is 8.30. The average molecular weight is 454 g/mol. The summed E-state index contributed by atoms with van der Waals surface area (Å²) in [4.78, 5) is 0. The molecule has 2 aliphatic heterocycles. The highest BCUT2D eigenvalue weighted by atomic mass is 16.7. The molecule has 3 fully saturated rings. The fourth-order valence-corrected chi connectivity index (χ4v) is 4.16. The van der Waals surface area contributed by atoms with Gasteiger partial charge in [0.25, 0.3) is 0 Å². The molecule has 0 spiro atoms. The molecule has 14 nitrogen and oxygen atoms in total. The van der Waals surface area contributed by atoms with Gasteiger partial charge in [0.2, 0.25) is 0 Å². The minimum absolute atomic E-state index is 0.114. The first-order valence-electron chi connectivity index (χ1n) is 10.2. The number of aliphatic hydroxyl groups is 6. The maximum Gasteiger partial charge on any atom is 0.187 e. The smallest absolute Gasteiger partial charge is 0.187 e. The van der Waals surface area contributed by atoms with Crippen molar-refractivity contribution in [2.45, 2.75) is 92.1 Å². The Kier molecular flexibility index (Phi) is 8.21. The third kappa shape index (κ3) is 4.87. The van der Waals surface area contributed by atoms with Gasteiger partial charge >= 0.3 is 0 Å². The highest BCUT2D eigenvalue weighted by Gasteiger charge is 2.52. The number of ether oxygens (including phenoxy) is 4. The van der Waals surface area contributed by atoms with Crippen LogP contribution >= 0.6 is 0 Å². The molecule has 14 heteroatoms. The Hall–Kier alpha value is -0.560. The summed E-state index contributed by atoms with van der Waals surface area (Å²) in [5.74, 6) is 0.